The van der Waals surface area contributed by atoms with Crippen LogP contribution in [-0.2, 0) is 10.8 Å². The highest BCUT2D eigenvalue weighted by Crippen LogP contribution is 2.61. The first-order valence-corrected chi connectivity index (χ1v) is 23.1. The van der Waals surface area contributed by atoms with Crippen LogP contribution in [0.15, 0.2) is 182 Å². The first-order valence-electron chi connectivity index (χ1n) is 23.1. The van der Waals surface area contributed by atoms with Crippen molar-refractivity contribution in [2.75, 3.05) is 4.90 Å². The Labute approximate surface area is 366 Å². The maximum Gasteiger partial charge on any atom is 0.0468 e. The van der Waals surface area contributed by atoms with Gasteiger partial charge in [0.2, 0.25) is 0 Å². The predicted octanol–water partition coefficient (Wildman–Crippen LogP) is 16.6. The van der Waals surface area contributed by atoms with E-state index in [1.165, 1.54) is 122 Å². The first-order chi connectivity index (χ1) is 30.4. The Morgan fingerprint density at radius 2 is 0.742 bits per heavy atom. The highest BCUT2D eigenvalue weighted by atomic mass is 15.1. The predicted molar refractivity (Wildman–Crippen MR) is 259 cm³/mol. The smallest absolute Gasteiger partial charge is 0.0468 e. The molecule has 1 nitrogen and oxygen atoms in total. The van der Waals surface area contributed by atoms with E-state index < -0.39 is 0 Å². The Kier molecular flexibility index (Phi) is 7.91. The molecule has 0 heterocycles. The van der Waals surface area contributed by atoms with E-state index in [1.54, 1.807) is 5.56 Å². The van der Waals surface area contributed by atoms with Gasteiger partial charge in [-0.05, 0) is 182 Å². The third kappa shape index (κ3) is 5.46. The maximum absolute atomic E-state index is 2.49. The van der Waals surface area contributed by atoms with Gasteiger partial charge in [-0.1, -0.05) is 159 Å². The molecule has 8 aromatic carbocycles. The van der Waals surface area contributed by atoms with Crippen molar-refractivity contribution in [3.05, 3.63) is 199 Å². The van der Waals surface area contributed by atoms with Gasteiger partial charge in [0.25, 0.3) is 0 Å². The standard InChI is InChI=1S/C61H51N/c1-60(2)58-18-10-9-17-55(58)56-30-28-47(35-59(56)60)62(45-25-21-43(22-26-45)42-19-23-44(24-20-42)61-36-39-31-40(37-61)33-41(32-39)38-61)46-27-29-54-52-15-6-5-13-50(52)48-11-3-4-12-49(48)51-14-7-8-16-53(51)57(54)34-46/h3-30,34-35,39-41H,31-33,36-38H2,1-2H3. The molecule has 14 rings (SSSR count). The van der Waals surface area contributed by atoms with Gasteiger partial charge < -0.3 is 4.90 Å². The van der Waals surface area contributed by atoms with Gasteiger partial charge in [-0.25, -0.2) is 0 Å². The largest absolute Gasteiger partial charge is 0.310 e. The summed E-state index contributed by atoms with van der Waals surface area (Å²) in [5.74, 6) is 2.86. The molecule has 0 unspecified atom stereocenters. The Hall–Kier alpha value is -6.44. The average Bonchev–Trinajstić information content (AvgIpc) is 3.53. The Morgan fingerprint density at radius 1 is 0.355 bits per heavy atom. The topological polar surface area (TPSA) is 3.24 Å². The van der Waals surface area contributed by atoms with Crippen molar-refractivity contribution in [1.82, 2.24) is 0 Å². The first kappa shape index (κ1) is 36.2. The lowest BCUT2D eigenvalue weighted by atomic mass is 9.48. The van der Waals surface area contributed by atoms with Gasteiger partial charge in [-0.3, -0.25) is 0 Å². The molecule has 0 amide bonds. The number of anilines is 3. The molecule has 1 heteroatoms. The summed E-state index contributed by atoms with van der Waals surface area (Å²) in [7, 11) is 0. The van der Waals surface area contributed by atoms with Crippen molar-refractivity contribution < 1.29 is 0 Å². The summed E-state index contributed by atoms with van der Waals surface area (Å²) in [6.45, 7) is 4.76. The molecule has 0 aromatic heterocycles. The molecule has 6 aliphatic rings. The highest BCUT2D eigenvalue weighted by Gasteiger charge is 2.51. The fraction of sp³-hybridized carbons (Fsp3) is 0.213. The molecule has 0 atom stereocenters. The van der Waals surface area contributed by atoms with E-state index in [-0.39, 0.29) is 5.41 Å². The lowest BCUT2D eigenvalue weighted by Crippen LogP contribution is -2.48. The van der Waals surface area contributed by atoms with Gasteiger partial charge in [0.1, 0.15) is 0 Å². The molecular weight excluding hydrogens is 747 g/mol. The van der Waals surface area contributed by atoms with Crippen molar-refractivity contribution in [3.8, 4) is 66.8 Å². The van der Waals surface area contributed by atoms with Crippen LogP contribution in [0, 0.1) is 17.8 Å². The molecule has 0 spiro atoms. The van der Waals surface area contributed by atoms with Crippen LogP contribution in [0.4, 0.5) is 17.1 Å². The van der Waals surface area contributed by atoms with E-state index in [2.05, 4.69) is 201 Å². The minimum Gasteiger partial charge on any atom is -0.310 e. The SMILES string of the molecule is CC1(C)c2ccccc2-c2ccc(N(c3ccc(-c4ccc(C56CC7CC(CC(C7)C5)C6)cc4)cc3)c3ccc4c(c3)-c3ccccc3-c3ccccc3-c3ccccc3-4)cc21. The van der Waals surface area contributed by atoms with Crippen LogP contribution < -0.4 is 4.90 Å². The van der Waals surface area contributed by atoms with E-state index in [0.29, 0.717) is 5.41 Å². The van der Waals surface area contributed by atoms with Crippen LogP contribution in [0.1, 0.15) is 69.1 Å². The Bertz CT molecular complexity index is 3030. The lowest BCUT2D eigenvalue weighted by molar-refractivity contribution is -0.00518. The maximum atomic E-state index is 2.49. The zero-order chi connectivity index (χ0) is 41.2. The second kappa shape index (κ2) is 13.5. The molecule has 4 saturated carbocycles. The summed E-state index contributed by atoms with van der Waals surface area (Å²) in [4.78, 5) is 2.49. The van der Waals surface area contributed by atoms with Crippen LogP contribution in [0.3, 0.4) is 0 Å². The summed E-state index contributed by atoms with van der Waals surface area (Å²) in [5.41, 5.74) is 23.5. The molecule has 300 valence electrons. The van der Waals surface area contributed by atoms with E-state index in [4.69, 9.17) is 0 Å². The van der Waals surface area contributed by atoms with Crippen molar-refractivity contribution in [3.63, 3.8) is 0 Å². The van der Waals surface area contributed by atoms with Gasteiger partial charge in [0.15, 0.2) is 0 Å². The molecule has 8 aromatic rings. The van der Waals surface area contributed by atoms with Gasteiger partial charge in [-0.2, -0.15) is 0 Å². The lowest BCUT2D eigenvalue weighted by Gasteiger charge is -2.57. The van der Waals surface area contributed by atoms with Crippen LogP contribution in [-0.4, -0.2) is 0 Å². The quantitative estimate of drug-likeness (QED) is 0.168. The second-order valence-electron chi connectivity index (χ2n) is 19.9. The minimum atomic E-state index is -0.109. The van der Waals surface area contributed by atoms with E-state index >= 15 is 0 Å². The van der Waals surface area contributed by atoms with Crippen molar-refractivity contribution >= 4 is 17.1 Å². The fourth-order valence-electron chi connectivity index (χ4n) is 13.5. The molecule has 4 fully saturated rings. The molecular formula is C61H51N. The second-order valence-corrected chi connectivity index (χ2v) is 19.9. The Morgan fingerprint density at radius 3 is 1.27 bits per heavy atom. The van der Waals surface area contributed by atoms with Gasteiger partial charge in [-0.15, -0.1) is 0 Å². The molecule has 0 aliphatic heterocycles. The van der Waals surface area contributed by atoms with E-state index in [9.17, 15) is 0 Å². The molecule has 4 bridgehead atoms. The summed E-state index contributed by atoms with van der Waals surface area (Å²) in [6, 6.07) is 69.2. The highest BCUT2D eigenvalue weighted by molar-refractivity contribution is 6.04. The Balaban J connectivity index is 0.942. The minimum absolute atomic E-state index is 0.109. The van der Waals surface area contributed by atoms with Crippen molar-refractivity contribution in [2.24, 2.45) is 17.8 Å². The average molecular weight is 798 g/mol. The van der Waals surface area contributed by atoms with Crippen LogP contribution in [0.5, 0.6) is 0 Å². The summed E-state index contributed by atoms with van der Waals surface area (Å²) in [5, 5.41) is 0. The summed E-state index contributed by atoms with van der Waals surface area (Å²) in [6.07, 6.45) is 8.67. The number of benzene rings is 8. The number of hydrogen-bond donors (Lipinski definition) is 0. The monoisotopic (exact) mass is 797 g/mol. The van der Waals surface area contributed by atoms with Gasteiger partial charge in [0.05, 0.1) is 0 Å². The molecule has 62 heavy (non-hydrogen) atoms. The van der Waals surface area contributed by atoms with E-state index in [1.807, 2.05) is 0 Å². The van der Waals surface area contributed by atoms with Gasteiger partial charge >= 0.3 is 0 Å². The molecule has 6 aliphatic carbocycles. The third-order valence-electron chi connectivity index (χ3n) is 16.0. The number of hydrogen-bond acceptors (Lipinski definition) is 1. The molecule has 0 saturated heterocycles. The van der Waals surface area contributed by atoms with Crippen LogP contribution in [0.25, 0.3) is 66.8 Å². The zero-order valence-electron chi connectivity index (χ0n) is 35.7. The number of rotatable bonds is 5. The molecule has 0 N–H and O–H groups in total. The number of nitrogens with zero attached hydrogens (tertiary/aromatic N) is 1. The third-order valence-corrected chi connectivity index (χ3v) is 16.0. The van der Waals surface area contributed by atoms with Crippen LogP contribution in [0.2, 0.25) is 0 Å². The summed E-state index contributed by atoms with van der Waals surface area (Å²) >= 11 is 0. The zero-order valence-corrected chi connectivity index (χ0v) is 35.7. The summed E-state index contributed by atoms with van der Waals surface area (Å²) < 4.78 is 0. The fourth-order valence-corrected chi connectivity index (χ4v) is 13.5. The molecule has 0 radical (unpaired) electrons. The van der Waals surface area contributed by atoms with E-state index in [0.717, 1.165) is 29.1 Å². The van der Waals surface area contributed by atoms with Gasteiger partial charge in [0, 0.05) is 22.5 Å². The normalized spacial score (nSPS) is 21.7. The number of fused-ring (bicyclic) bond motifs is 11. The van der Waals surface area contributed by atoms with Crippen molar-refractivity contribution in [1.29, 1.82) is 0 Å². The van der Waals surface area contributed by atoms with Crippen molar-refractivity contribution in [2.45, 2.75) is 63.2 Å². The van der Waals surface area contributed by atoms with Crippen LogP contribution >= 0.6 is 0 Å².